The van der Waals surface area contributed by atoms with Gasteiger partial charge in [0.2, 0.25) is 0 Å². The molecule has 0 unspecified atom stereocenters. The number of aryl methyl sites for hydroxylation is 1. The third kappa shape index (κ3) is 1.26. The minimum Gasteiger partial charge on any atom is -0.383 e. The van der Waals surface area contributed by atoms with Crippen LogP contribution in [0.3, 0.4) is 0 Å². The molecule has 0 fully saturated rings. The summed E-state index contributed by atoms with van der Waals surface area (Å²) in [5.74, 6) is -0.355. The van der Waals surface area contributed by atoms with Crippen molar-refractivity contribution < 1.29 is 0 Å². The predicted octanol–water partition coefficient (Wildman–Crippen LogP) is -1.64. The van der Waals surface area contributed by atoms with E-state index in [-0.39, 0.29) is 11.4 Å². The molecule has 0 aliphatic carbocycles. The first-order valence-electron chi connectivity index (χ1n) is 3.16. The van der Waals surface area contributed by atoms with Crippen molar-refractivity contribution in [1.29, 1.82) is 5.41 Å². The number of aromatic nitrogens is 2. The van der Waals surface area contributed by atoms with Crippen LogP contribution >= 0.6 is 0 Å². The summed E-state index contributed by atoms with van der Waals surface area (Å²) >= 11 is 0. The minimum absolute atomic E-state index is 0.00269. The molecule has 0 aliphatic rings. The third-order valence-electron chi connectivity index (χ3n) is 1.40. The zero-order valence-corrected chi connectivity index (χ0v) is 6.42. The molecule has 64 valence electrons. The third-order valence-corrected chi connectivity index (χ3v) is 1.40. The number of amidine groups is 1. The topological polar surface area (TPSA) is 105 Å². The number of nitrogens with two attached hydrogens (primary N) is 1. The van der Waals surface area contributed by atoms with Gasteiger partial charge in [-0.05, 0) is 0 Å². The van der Waals surface area contributed by atoms with Crippen LogP contribution in [-0.4, -0.2) is 15.4 Å². The lowest BCUT2D eigenvalue weighted by atomic mass is 10.3. The van der Waals surface area contributed by atoms with E-state index in [0.717, 1.165) is 4.57 Å². The first-order valence-corrected chi connectivity index (χ1v) is 3.16. The average Bonchev–Trinajstić information content (AvgIpc) is 1.96. The Morgan fingerprint density at radius 1 is 1.67 bits per heavy atom. The summed E-state index contributed by atoms with van der Waals surface area (Å²) in [4.78, 5) is 23.8. The van der Waals surface area contributed by atoms with E-state index in [0.29, 0.717) is 0 Å². The van der Waals surface area contributed by atoms with Crippen molar-refractivity contribution in [2.45, 2.75) is 0 Å². The Morgan fingerprint density at radius 2 is 2.25 bits per heavy atom. The van der Waals surface area contributed by atoms with Crippen LogP contribution in [0.25, 0.3) is 0 Å². The Morgan fingerprint density at radius 3 is 2.75 bits per heavy atom. The van der Waals surface area contributed by atoms with E-state index in [9.17, 15) is 9.59 Å². The molecule has 0 saturated carbocycles. The molecular formula is C6H8N4O2. The normalized spacial score (nSPS) is 9.75. The van der Waals surface area contributed by atoms with Crippen LogP contribution in [0.4, 0.5) is 0 Å². The average molecular weight is 168 g/mol. The van der Waals surface area contributed by atoms with Crippen molar-refractivity contribution in [2.75, 3.05) is 0 Å². The molecule has 12 heavy (non-hydrogen) atoms. The van der Waals surface area contributed by atoms with Gasteiger partial charge in [0.25, 0.3) is 5.56 Å². The van der Waals surface area contributed by atoms with E-state index in [1.54, 1.807) is 0 Å². The summed E-state index contributed by atoms with van der Waals surface area (Å²) in [6.45, 7) is 0. The number of rotatable bonds is 1. The van der Waals surface area contributed by atoms with Gasteiger partial charge in [-0.1, -0.05) is 0 Å². The van der Waals surface area contributed by atoms with E-state index >= 15 is 0 Å². The van der Waals surface area contributed by atoms with E-state index in [1.807, 2.05) is 4.98 Å². The molecule has 0 bridgehead atoms. The van der Waals surface area contributed by atoms with Gasteiger partial charge in [0.1, 0.15) is 5.84 Å². The monoisotopic (exact) mass is 168 g/mol. The van der Waals surface area contributed by atoms with E-state index in [4.69, 9.17) is 11.1 Å². The highest BCUT2D eigenvalue weighted by atomic mass is 16.2. The molecule has 0 radical (unpaired) electrons. The molecule has 1 aromatic rings. The zero-order valence-electron chi connectivity index (χ0n) is 6.42. The highest BCUT2D eigenvalue weighted by Gasteiger charge is 2.03. The van der Waals surface area contributed by atoms with Crippen LogP contribution in [0.5, 0.6) is 0 Å². The van der Waals surface area contributed by atoms with Gasteiger partial charge in [0.15, 0.2) is 0 Å². The van der Waals surface area contributed by atoms with Gasteiger partial charge in [0, 0.05) is 13.2 Å². The number of nitrogen functional groups attached to an aromatic ring is 1. The molecule has 0 atom stereocenters. The molecule has 1 rings (SSSR count). The fourth-order valence-electron chi connectivity index (χ4n) is 0.755. The Balaban J connectivity index is 3.54. The van der Waals surface area contributed by atoms with Crippen molar-refractivity contribution in [2.24, 2.45) is 12.8 Å². The zero-order chi connectivity index (χ0) is 9.30. The van der Waals surface area contributed by atoms with Crippen molar-refractivity contribution in [3.8, 4) is 0 Å². The fraction of sp³-hybridized carbons (Fsp3) is 0.167. The lowest BCUT2D eigenvalue weighted by Gasteiger charge is -1.98. The van der Waals surface area contributed by atoms with Crippen LogP contribution in [0.1, 0.15) is 5.56 Å². The Bertz CT molecular complexity index is 428. The van der Waals surface area contributed by atoms with E-state index < -0.39 is 11.2 Å². The quantitative estimate of drug-likeness (QED) is 0.346. The van der Waals surface area contributed by atoms with Crippen LogP contribution in [0.15, 0.2) is 15.8 Å². The lowest BCUT2D eigenvalue weighted by molar-refractivity contribution is 0.796. The first-order chi connectivity index (χ1) is 5.52. The summed E-state index contributed by atoms with van der Waals surface area (Å²) < 4.78 is 1.15. The van der Waals surface area contributed by atoms with Crippen LogP contribution < -0.4 is 17.0 Å². The van der Waals surface area contributed by atoms with E-state index in [2.05, 4.69) is 0 Å². The van der Waals surface area contributed by atoms with Gasteiger partial charge in [-0.3, -0.25) is 15.2 Å². The molecular weight excluding hydrogens is 160 g/mol. The van der Waals surface area contributed by atoms with Crippen LogP contribution in [0.2, 0.25) is 0 Å². The predicted molar refractivity (Wildman–Crippen MR) is 43.3 cm³/mol. The lowest BCUT2D eigenvalue weighted by Crippen LogP contribution is -2.33. The van der Waals surface area contributed by atoms with Gasteiger partial charge < -0.3 is 10.3 Å². The fourth-order valence-corrected chi connectivity index (χ4v) is 0.755. The summed E-state index contributed by atoms with van der Waals surface area (Å²) in [6.07, 6.45) is 1.23. The summed E-state index contributed by atoms with van der Waals surface area (Å²) in [5.41, 5.74) is 3.92. The number of hydrogen-bond acceptors (Lipinski definition) is 3. The largest absolute Gasteiger partial charge is 0.383 e. The van der Waals surface area contributed by atoms with Crippen molar-refractivity contribution in [3.05, 3.63) is 32.6 Å². The molecule has 0 aliphatic heterocycles. The maximum Gasteiger partial charge on any atom is 0.328 e. The van der Waals surface area contributed by atoms with Crippen LogP contribution in [-0.2, 0) is 7.05 Å². The maximum absolute atomic E-state index is 10.9. The number of nitrogens with one attached hydrogen (secondary N) is 2. The van der Waals surface area contributed by atoms with Crippen molar-refractivity contribution >= 4 is 5.84 Å². The molecule has 1 heterocycles. The van der Waals surface area contributed by atoms with Crippen molar-refractivity contribution in [3.63, 3.8) is 0 Å². The summed E-state index contributed by atoms with van der Waals surface area (Å²) in [7, 11) is 1.46. The van der Waals surface area contributed by atoms with Gasteiger partial charge in [0.05, 0.1) is 5.56 Å². The smallest absolute Gasteiger partial charge is 0.328 e. The molecule has 4 N–H and O–H groups in total. The first kappa shape index (κ1) is 8.25. The van der Waals surface area contributed by atoms with Crippen molar-refractivity contribution in [1.82, 2.24) is 9.55 Å². The number of aromatic amines is 1. The van der Waals surface area contributed by atoms with Gasteiger partial charge in [-0.25, -0.2) is 4.79 Å². The number of H-pyrrole nitrogens is 1. The summed E-state index contributed by atoms with van der Waals surface area (Å²) in [5, 5.41) is 6.99. The molecule has 0 amide bonds. The van der Waals surface area contributed by atoms with Gasteiger partial charge in [-0.15, -0.1) is 0 Å². The highest BCUT2D eigenvalue weighted by molar-refractivity contribution is 5.94. The van der Waals surface area contributed by atoms with E-state index in [1.165, 1.54) is 13.2 Å². The second-order valence-electron chi connectivity index (χ2n) is 2.33. The molecule has 0 spiro atoms. The molecule has 0 saturated heterocycles. The Kier molecular flexibility index (Phi) is 1.82. The maximum atomic E-state index is 10.9. The van der Waals surface area contributed by atoms with Crippen LogP contribution in [0, 0.1) is 5.41 Å². The molecule has 6 heteroatoms. The summed E-state index contributed by atoms with van der Waals surface area (Å²) in [6, 6.07) is 0. The number of hydrogen-bond donors (Lipinski definition) is 3. The Hall–Kier alpha value is -1.85. The second kappa shape index (κ2) is 2.65. The standard InChI is InChI=1S/C6H8N4O2/c1-10-2-3(4(7)8)5(11)9-6(10)12/h2H,1H3,(H3,7,8)(H,9,11,12). The molecule has 1 aromatic heterocycles. The molecule has 0 aromatic carbocycles. The van der Waals surface area contributed by atoms with Gasteiger partial charge in [-0.2, -0.15) is 0 Å². The SMILES string of the molecule is Cn1cc(C(=N)N)c(=O)[nH]c1=O. The van der Waals surface area contributed by atoms with Gasteiger partial charge >= 0.3 is 5.69 Å². The Labute approximate surface area is 67.2 Å². The second-order valence-corrected chi connectivity index (χ2v) is 2.33. The number of nitrogens with zero attached hydrogens (tertiary/aromatic N) is 1. The highest BCUT2D eigenvalue weighted by Crippen LogP contribution is 1.82. The minimum atomic E-state index is -0.634. The molecule has 6 nitrogen and oxygen atoms in total.